The number of rotatable bonds is 5. The summed E-state index contributed by atoms with van der Waals surface area (Å²) in [7, 11) is 1.44. The second-order valence-electron chi connectivity index (χ2n) is 2.89. The van der Waals surface area contributed by atoms with Gasteiger partial charge in [0.25, 0.3) is 0 Å². The standard InChI is InChI=1S/C9H18O2S/c1-5-6-12-8(3)7(2)9(10)11-4/h7-8H,5-6H2,1-4H3. The highest BCUT2D eigenvalue weighted by Crippen LogP contribution is 2.20. The van der Waals surface area contributed by atoms with Gasteiger partial charge in [-0.15, -0.1) is 0 Å². The maximum absolute atomic E-state index is 11.1. The van der Waals surface area contributed by atoms with E-state index < -0.39 is 0 Å². The molecule has 0 amide bonds. The van der Waals surface area contributed by atoms with Gasteiger partial charge in [-0.2, -0.15) is 11.8 Å². The lowest BCUT2D eigenvalue weighted by Crippen LogP contribution is -2.22. The quantitative estimate of drug-likeness (QED) is 0.622. The third-order valence-corrected chi connectivity index (χ3v) is 3.44. The fourth-order valence-corrected chi connectivity index (χ4v) is 1.83. The van der Waals surface area contributed by atoms with Crippen molar-refractivity contribution in [2.24, 2.45) is 5.92 Å². The monoisotopic (exact) mass is 190 g/mol. The van der Waals surface area contributed by atoms with Gasteiger partial charge in [-0.05, 0) is 12.2 Å². The minimum Gasteiger partial charge on any atom is -0.469 e. The molecule has 0 saturated heterocycles. The highest BCUT2D eigenvalue weighted by molar-refractivity contribution is 7.99. The lowest BCUT2D eigenvalue weighted by Gasteiger charge is -2.16. The molecule has 0 bridgehead atoms. The van der Waals surface area contributed by atoms with Crippen LogP contribution in [0.3, 0.4) is 0 Å². The van der Waals surface area contributed by atoms with E-state index in [1.807, 2.05) is 18.7 Å². The summed E-state index contributed by atoms with van der Waals surface area (Å²) < 4.78 is 4.66. The Morgan fingerprint density at radius 3 is 2.50 bits per heavy atom. The lowest BCUT2D eigenvalue weighted by atomic mass is 10.1. The maximum Gasteiger partial charge on any atom is 0.309 e. The molecule has 0 aromatic heterocycles. The second kappa shape index (κ2) is 6.35. The van der Waals surface area contributed by atoms with Crippen LogP contribution in [-0.2, 0) is 9.53 Å². The number of esters is 1. The lowest BCUT2D eigenvalue weighted by molar-refractivity contribution is -0.144. The molecule has 0 aromatic rings. The van der Waals surface area contributed by atoms with Crippen LogP contribution in [0.5, 0.6) is 0 Å². The van der Waals surface area contributed by atoms with E-state index in [2.05, 4.69) is 18.6 Å². The summed E-state index contributed by atoms with van der Waals surface area (Å²) in [5.41, 5.74) is 0. The first kappa shape index (κ1) is 11.8. The molecule has 0 saturated carbocycles. The number of carbonyl (C=O) groups is 1. The van der Waals surface area contributed by atoms with Crippen LogP contribution in [0.25, 0.3) is 0 Å². The molecule has 0 aliphatic rings. The minimum atomic E-state index is -0.105. The van der Waals surface area contributed by atoms with Crippen molar-refractivity contribution in [2.75, 3.05) is 12.9 Å². The summed E-state index contributed by atoms with van der Waals surface area (Å²) in [6, 6.07) is 0. The van der Waals surface area contributed by atoms with E-state index in [1.54, 1.807) is 0 Å². The van der Waals surface area contributed by atoms with E-state index in [4.69, 9.17) is 0 Å². The maximum atomic E-state index is 11.1. The summed E-state index contributed by atoms with van der Waals surface area (Å²) in [4.78, 5) is 11.1. The molecule has 0 aromatic carbocycles. The summed E-state index contributed by atoms with van der Waals surface area (Å²) in [5, 5.41) is 0.359. The van der Waals surface area contributed by atoms with Crippen LogP contribution in [-0.4, -0.2) is 24.1 Å². The SMILES string of the molecule is CCCSC(C)C(C)C(=O)OC. The molecule has 0 radical (unpaired) electrons. The molecule has 0 heterocycles. The predicted molar refractivity (Wildman–Crippen MR) is 53.4 cm³/mol. The first-order chi connectivity index (χ1) is 5.63. The summed E-state index contributed by atoms with van der Waals surface area (Å²) in [6.07, 6.45) is 1.16. The summed E-state index contributed by atoms with van der Waals surface area (Å²) in [5.74, 6) is 1.01. The average Bonchev–Trinajstić information content (AvgIpc) is 2.11. The van der Waals surface area contributed by atoms with E-state index in [0.29, 0.717) is 5.25 Å². The Morgan fingerprint density at radius 1 is 1.50 bits per heavy atom. The number of methoxy groups -OCH3 is 1. The van der Waals surface area contributed by atoms with Crippen LogP contribution in [0.1, 0.15) is 27.2 Å². The molecule has 0 aliphatic carbocycles. The molecule has 2 nitrogen and oxygen atoms in total. The van der Waals surface area contributed by atoms with Gasteiger partial charge in [0.2, 0.25) is 0 Å². The Balaban J connectivity index is 3.75. The van der Waals surface area contributed by atoms with Crippen molar-refractivity contribution >= 4 is 17.7 Å². The first-order valence-corrected chi connectivity index (χ1v) is 5.37. The van der Waals surface area contributed by atoms with Gasteiger partial charge < -0.3 is 4.74 Å². The summed E-state index contributed by atoms with van der Waals surface area (Å²) in [6.45, 7) is 6.13. The number of thioether (sulfide) groups is 1. The number of hydrogen-bond acceptors (Lipinski definition) is 3. The molecule has 3 heteroatoms. The molecule has 0 rings (SSSR count). The van der Waals surface area contributed by atoms with Crippen molar-refractivity contribution < 1.29 is 9.53 Å². The zero-order valence-corrected chi connectivity index (χ0v) is 9.11. The van der Waals surface area contributed by atoms with Gasteiger partial charge >= 0.3 is 5.97 Å². The van der Waals surface area contributed by atoms with Crippen molar-refractivity contribution in [1.82, 2.24) is 0 Å². The van der Waals surface area contributed by atoms with E-state index in [1.165, 1.54) is 7.11 Å². The van der Waals surface area contributed by atoms with E-state index >= 15 is 0 Å². The third-order valence-electron chi connectivity index (χ3n) is 1.86. The highest BCUT2D eigenvalue weighted by Gasteiger charge is 2.20. The molecule has 0 N–H and O–H groups in total. The zero-order valence-electron chi connectivity index (χ0n) is 8.29. The van der Waals surface area contributed by atoms with Crippen molar-refractivity contribution in [1.29, 1.82) is 0 Å². The molecule has 0 fully saturated rings. The fourth-order valence-electron chi connectivity index (χ4n) is 0.826. The average molecular weight is 190 g/mol. The van der Waals surface area contributed by atoms with Crippen LogP contribution in [0.2, 0.25) is 0 Å². The highest BCUT2D eigenvalue weighted by atomic mass is 32.2. The zero-order chi connectivity index (χ0) is 9.56. The first-order valence-electron chi connectivity index (χ1n) is 4.32. The van der Waals surface area contributed by atoms with Gasteiger partial charge in [-0.1, -0.05) is 20.8 Å². The fraction of sp³-hybridized carbons (Fsp3) is 0.889. The topological polar surface area (TPSA) is 26.3 Å². The van der Waals surface area contributed by atoms with E-state index in [-0.39, 0.29) is 11.9 Å². The molecule has 2 atom stereocenters. The Hall–Kier alpha value is -0.180. The van der Waals surface area contributed by atoms with Crippen molar-refractivity contribution in [2.45, 2.75) is 32.4 Å². The van der Waals surface area contributed by atoms with Gasteiger partial charge in [-0.25, -0.2) is 0 Å². The molecule has 12 heavy (non-hydrogen) atoms. The minimum absolute atomic E-state index is 0.00606. The second-order valence-corrected chi connectivity index (χ2v) is 4.37. The molecule has 0 spiro atoms. The largest absolute Gasteiger partial charge is 0.469 e. The van der Waals surface area contributed by atoms with Gasteiger partial charge in [-0.3, -0.25) is 4.79 Å². The van der Waals surface area contributed by atoms with Gasteiger partial charge in [0, 0.05) is 5.25 Å². The van der Waals surface area contributed by atoms with E-state index in [9.17, 15) is 4.79 Å². The van der Waals surface area contributed by atoms with Crippen LogP contribution >= 0.6 is 11.8 Å². The Bertz CT molecular complexity index is 136. The number of carbonyl (C=O) groups excluding carboxylic acids is 1. The molecular weight excluding hydrogens is 172 g/mol. The Morgan fingerprint density at radius 2 is 2.08 bits per heavy atom. The normalized spacial score (nSPS) is 15.3. The van der Waals surface area contributed by atoms with Gasteiger partial charge in [0.1, 0.15) is 0 Å². The Kier molecular flexibility index (Phi) is 6.25. The summed E-state index contributed by atoms with van der Waals surface area (Å²) >= 11 is 1.83. The number of hydrogen-bond donors (Lipinski definition) is 0. The van der Waals surface area contributed by atoms with Crippen molar-refractivity contribution in [3.8, 4) is 0 Å². The molecule has 0 aliphatic heterocycles. The van der Waals surface area contributed by atoms with Gasteiger partial charge in [0.05, 0.1) is 13.0 Å². The number of ether oxygens (including phenoxy) is 1. The third kappa shape index (κ3) is 4.00. The van der Waals surface area contributed by atoms with Crippen LogP contribution in [0.4, 0.5) is 0 Å². The van der Waals surface area contributed by atoms with Crippen molar-refractivity contribution in [3.63, 3.8) is 0 Å². The van der Waals surface area contributed by atoms with Crippen molar-refractivity contribution in [3.05, 3.63) is 0 Å². The van der Waals surface area contributed by atoms with Crippen LogP contribution < -0.4 is 0 Å². The van der Waals surface area contributed by atoms with Gasteiger partial charge in [0.15, 0.2) is 0 Å². The van der Waals surface area contributed by atoms with Crippen LogP contribution in [0.15, 0.2) is 0 Å². The molecule has 2 unspecified atom stereocenters. The smallest absolute Gasteiger partial charge is 0.309 e. The Labute approximate surface area is 79.1 Å². The predicted octanol–water partition coefficient (Wildman–Crippen LogP) is 2.33. The molecular formula is C9H18O2S. The molecule has 72 valence electrons. The van der Waals surface area contributed by atoms with Crippen LogP contribution in [0, 0.1) is 5.92 Å². The van der Waals surface area contributed by atoms with E-state index in [0.717, 1.165) is 12.2 Å².